The van der Waals surface area contributed by atoms with E-state index < -0.39 is 0 Å². The van der Waals surface area contributed by atoms with Crippen molar-refractivity contribution in [2.45, 2.75) is 82.6 Å². The number of carbonyl (C=O) groups is 1. The van der Waals surface area contributed by atoms with E-state index in [9.17, 15) is 9.90 Å². The number of aromatic nitrogens is 1. The maximum absolute atomic E-state index is 13.2. The molecule has 5 nitrogen and oxygen atoms in total. The lowest BCUT2D eigenvalue weighted by molar-refractivity contribution is -0.157. The summed E-state index contributed by atoms with van der Waals surface area (Å²) in [6, 6.07) is 7.08. The Hall–Kier alpha value is -2.11. The van der Waals surface area contributed by atoms with Gasteiger partial charge >= 0.3 is 5.97 Å². The number of allylic oxidation sites excluding steroid dienone is 1. The Labute approximate surface area is 191 Å². The van der Waals surface area contributed by atoms with Gasteiger partial charge in [0.05, 0.1) is 12.0 Å². The number of nitrogens with zero attached hydrogens (tertiary/aromatic N) is 2. The first-order valence-corrected chi connectivity index (χ1v) is 12.4. The lowest BCUT2D eigenvalue weighted by Gasteiger charge is -2.46. The molecule has 0 bridgehead atoms. The van der Waals surface area contributed by atoms with E-state index in [1.165, 1.54) is 22.0 Å². The third kappa shape index (κ3) is 3.90. The van der Waals surface area contributed by atoms with Crippen molar-refractivity contribution in [2.75, 3.05) is 13.1 Å². The van der Waals surface area contributed by atoms with Crippen molar-refractivity contribution < 1.29 is 14.6 Å². The topological polar surface area (TPSA) is 54.7 Å². The average molecular weight is 437 g/mol. The molecule has 1 aromatic carbocycles. The van der Waals surface area contributed by atoms with Crippen LogP contribution < -0.4 is 0 Å². The summed E-state index contributed by atoms with van der Waals surface area (Å²) in [6.07, 6.45) is 10.0. The zero-order chi connectivity index (χ0) is 22.2. The molecule has 2 fully saturated rings. The van der Waals surface area contributed by atoms with Gasteiger partial charge in [0.25, 0.3) is 0 Å². The van der Waals surface area contributed by atoms with Gasteiger partial charge in [-0.05, 0) is 68.7 Å². The van der Waals surface area contributed by atoms with E-state index in [1.807, 2.05) is 6.08 Å². The first kappa shape index (κ1) is 21.7. The number of benzene rings is 1. The number of aliphatic hydroxyl groups excluding tert-OH is 1. The van der Waals surface area contributed by atoms with E-state index in [0.29, 0.717) is 12.0 Å². The molecule has 5 heteroatoms. The summed E-state index contributed by atoms with van der Waals surface area (Å²) >= 11 is 0. The second-order valence-corrected chi connectivity index (χ2v) is 9.96. The molecule has 5 rings (SSSR count). The highest BCUT2D eigenvalue weighted by molar-refractivity contribution is 5.89. The average Bonchev–Trinajstić information content (AvgIpc) is 3.01. The van der Waals surface area contributed by atoms with Crippen LogP contribution in [0.15, 0.2) is 37.1 Å². The molecule has 1 N–H and O–H groups in total. The summed E-state index contributed by atoms with van der Waals surface area (Å²) < 4.78 is 8.33. The lowest BCUT2D eigenvalue weighted by Crippen LogP contribution is -2.51. The summed E-state index contributed by atoms with van der Waals surface area (Å²) in [5.41, 5.74) is 4.10. The van der Waals surface area contributed by atoms with Crippen LogP contribution in [0.4, 0.5) is 0 Å². The van der Waals surface area contributed by atoms with Crippen LogP contribution in [0, 0.1) is 5.92 Å². The third-order valence-electron chi connectivity index (χ3n) is 8.01. The van der Waals surface area contributed by atoms with Crippen molar-refractivity contribution >= 4 is 16.9 Å². The minimum absolute atomic E-state index is 0.0366. The number of esters is 1. The summed E-state index contributed by atoms with van der Waals surface area (Å²) in [5, 5.41) is 11.3. The number of aliphatic hydroxyl groups is 1. The van der Waals surface area contributed by atoms with Crippen LogP contribution in [0.3, 0.4) is 0 Å². The van der Waals surface area contributed by atoms with Crippen molar-refractivity contribution in [3.8, 4) is 0 Å². The van der Waals surface area contributed by atoms with Crippen LogP contribution in [0.5, 0.6) is 0 Å². The van der Waals surface area contributed by atoms with E-state index >= 15 is 0 Å². The number of likely N-dealkylation sites (N-methyl/N-ethyl adjacent to an activating group) is 1. The molecule has 0 spiro atoms. The molecule has 0 amide bonds. The second-order valence-electron chi connectivity index (χ2n) is 9.96. The fourth-order valence-electron chi connectivity index (χ4n) is 6.43. The zero-order valence-electron chi connectivity index (χ0n) is 19.2. The Morgan fingerprint density at radius 1 is 1.28 bits per heavy atom. The van der Waals surface area contributed by atoms with Crippen LogP contribution in [0.1, 0.15) is 62.5 Å². The molecule has 1 saturated carbocycles. The molecule has 2 aromatic rings. The van der Waals surface area contributed by atoms with Gasteiger partial charge in [-0.15, -0.1) is 6.58 Å². The zero-order valence-corrected chi connectivity index (χ0v) is 19.2. The number of fused-ring (bicyclic) bond motifs is 2. The van der Waals surface area contributed by atoms with Gasteiger partial charge in [0.1, 0.15) is 6.10 Å². The summed E-state index contributed by atoms with van der Waals surface area (Å²) in [7, 11) is 0. The first-order chi connectivity index (χ1) is 15.6. The molecule has 3 aliphatic rings. The molecule has 2 unspecified atom stereocenters. The van der Waals surface area contributed by atoms with Gasteiger partial charge in [-0.3, -0.25) is 9.69 Å². The maximum atomic E-state index is 13.2. The smallest absolute Gasteiger partial charge is 0.310 e. The molecule has 0 radical (unpaired) electrons. The minimum Gasteiger partial charge on any atom is -0.462 e. The van der Waals surface area contributed by atoms with Crippen LogP contribution in [0.2, 0.25) is 0 Å². The molecule has 172 valence electrons. The molecule has 2 aliphatic carbocycles. The normalized spacial score (nSPS) is 30.5. The van der Waals surface area contributed by atoms with Gasteiger partial charge in [-0.2, -0.15) is 0 Å². The summed E-state index contributed by atoms with van der Waals surface area (Å²) in [5.74, 6) is 0.231. The van der Waals surface area contributed by atoms with E-state index in [-0.39, 0.29) is 24.1 Å². The number of likely N-dealkylation sites (tertiary alicyclic amines) is 1. The van der Waals surface area contributed by atoms with Gasteiger partial charge in [-0.1, -0.05) is 25.1 Å². The quantitative estimate of drug-likeness (QED) is 0.428. The summed E-state index contributed by atoms with van der Waals surface area (Å²) in [6.45, 7) is 8.67. The highest BCUT2D eigenvalue weighted by atomic mass is 16.5. The van der Waals surface area contributed by atoms with Crippen LogP contribution >= 0.6 is 0 Å². The molecule has 1 aromatic heterocycles. The fourth-order valence-corrected chi connectivity index (χ4v) is 6.43. The number of carbonyl (C=O) groups excluding carboxylic acids is 1. The molecular weight excluding hydrogens is 400 g/mol. The Morgan fingerprint density at radius 3 is 2.97 bits per heavy atom. The Balaban J connectivity index is 1.40. The number of hydrogen-bond acceptors (Lipinski definition) is 4. The van der Waals surface area contributed by atoms with Gasteiger partial charge in [0, 0.05) is 42.1 Å². The predicted octanol–water partition coefficient (Wildman–Crippen LogP) is 4.41. The van der Waals surface area contributed by atoms with Gasteiger partial charge in [-0.25, -0.2) is 0 Å². The number of rotatable bonds is 5. The Kier molecular flexibility index (Phi) is 6.13. The molecule has 2 heterocycles. The molecule has 5 atom stereocenters. The van der Waals surface area contributed by atoms with E-state index in [0.717, 1.165) is 64.6 Å². The number of piperidine rings is 1. The van der Waals surface area contributed by atoms with E-state index in [1.54, 1.807) is 0 Å². The minimum atomic E-state index is -0.241. The van der Waals surface area contributed by atoms with Crippen molar-refractivity contribution in [3.05, 3.63) is 48.2 Å². The van der Waals surface area contributed by atoms with Crippen molar-refractivity contribution in [1.82, 2.24) is 9.47 Å². The van der Waals surface area contributed by atoms with Crippen LogP contribution in [-0.2, 0) is 22.5 Å². The van der Waals surface area contributed by atoms with E-state index in [4.69, 9.17) is 4.74 Å². The second kappa shape index (κ2) is 9.03. The van der Waals surface area contributed by atoms with Gasteiger partial charge < -0.3 is 14.4 Å². The Bertz CT molecular complexity index is 996. The predicted molar refractivity (Wildman–Crippen MR) is 127 cm³/mol. The standard InChI is InChI=1S/C27H36N2O3/c1-3-13-29-16-18-15-25-23(22-9-6-10-24(29)26(18)22)14-19(17-28(25)4-2)27(31)32-21-8-5-7-20(30)11-12-21/h3,6,9-10,16,19-21,23,25,30H,1,4-5,7-8,11-15,17H2,2H3/t19-,20?,21?,23-,25-/m1/s1. The van der Waals surface area contributed by atoms with E-state index in [2.05, 4.69) is 47.4 Å². The Morgan fingerprint density at radius 2 is 2.16 bits per heavy atom. The lowest BCUT2D eigenvalue weighted by atomic mass is 9.72. The monoisotopic (exact) mass is 436 g/mol. The van der Waals surface area contributed by atoms with Gasteiger partial charge in [0.15, 0.2) is 0 Å². The number of hydrogen-bond donors (Lipinski definition) is 1. The molecule has 32 heavy (non-hydrogen) atoms. The van der Waals surface area contributed by atoms with Crippen molar-refractivity contribution in [3.63, 3.8) is 0 Å². The first-order valence-electron chi connectivity index (χ1n) is 12.4. The highest BCUT2D eigenvalue weighted by Crippen LogP contribution is 2.45. The highest BCUT2D eigenvalue weighted by Gasteiger charge is 2.43. The van der Waals surface area contributed by atoms with Crippen LogP contribution in [0.25, 0.3) is 10.9 Å². The van der Waals surface area contributed by atoms with Crippen molar-refractivity contribution in [2.24, 2.45) is 5.92 Å². The third-order valence-corrected chi connectivity index (χ3v) is 8.01. The molecule has 1 aliphatic heterocycles. The fraction of sp³-hybridized carbons (Fsp3) is 0.593. The van der Waals surface area contributed by atoms with Gasteiger partial charge in [0.2, 0.25) is 0 Å². The SMILES string of the molecule is C=CCn1cc2c3c(cccc31)[C@H]1C[C@@H](C(=O)OC3CCCC(O)CC3)CN(CC)[C@@H]1C2. The largest absolute Gasteiger partial charge is 0.462 e. The number of ether oxygens (including phenoxy) is 1. The molecular formula is C27H36N2O3. The van der Waals surface area contributed by atoms with Crippen LogP contribution in [-0.4, -0.2) is 51.9 Å². The maximum Gasteiger partial charge on any atom is 0.310 e. The summed E-state index contributed by atoms with van der Waals surface area (Å²) in [4.78, 5) is 15.8. The molecule has 1 saturated heterocycles. The van der Waals surface area contributed by atoms with Crippen molar-refractivity contribution in [1.29, 1.82) is 0 Å².